The van der Waals surface area contributed by atoms with Crippen molar-refractivity contribution in [3.05, 3.63) is 48.0 Å². The molecule has 4 atom stereocenters. The average Bonchev–Trinajstić information content (AvgIpc) is 3.25. The number of nitrogens with zero attached hydrogens (tertiary/aromatic N) is 1. The highest BCUT2D eigenvalue weighted by molar-refractivity contribution is 5.92. The van der Waals surface area contributed by atoms with Gasteiger partial charge in [-0.15, -0.1) is 0 Å². The van der Waals surface area contributed by atoms with E-state index in [2.05, 4.69) is 20.6 Å². The molecule has 0 bridgehead atoms. The third kappa shape index (κ3) is 7.10. The number of nitrogens with two attached hydrogens (primary N) is 1. The molecule has 0 aliphatic rings. The standard InChI is InChI=1S/C21H29N5O5/c1-3-12(2)18(26-19(28)16(22)9-14-10-23-11-24-14)20(29)25-17(21(30)31)8-13-4-6-15(27)7-5-13/h4-7,10-12,16-18,27H,3,8-9,22H2,1-2H3,(H,23,24)(H,25,29)(H,26,28)(H,30,31). The lowest BCUT2D eigenvalue weighted by molar-refractivity contribution is -0.142. The molecule has 0 fully saturated rings. The maximum absolute atomic E-state index is 12.9. The summed E-state index contributed by atoms with van der Waals surface area (Å²) in [7, 11) is 0. The van der Waals surface area contributed by atoms with Crippen molar-refractivity contribution in [3.63, 3.8) is 0 Å². The number of H-pyrrole nitrogens is 1. The van der Waals surface area contributed by atoms with Gasteiger partial charge in [0.1, 0.15) is 17.8 Å². The molecule has 7 N–H and O–H groups in total. The minimum atomic E-state index is -1.20. The fraction of sp³-hybridized carbons (Fsp3) is 0.429. The third-order valence-corrected chi connectivity index (χ3v) is 5.12. The second-order valence-corrected chi connectivity index (χ2v) is 7.53. The summed E-state index contributed by atoms with van der Waals surface area (Å²) in [5.74, 6) is -2.49. The molecule has 1 aromatic carbocycles. The van der Waals surface area contributed by atoms with E-state index in [1.807, 2.05) is 6.92 Å². The molecule has 31 heavy (non-hydrogen) atoms. The molecule has 168 valence electrons. The molecular formula is C21H29N5O5. The molecule has 2 amide bonds. The second-order valence-electron chi connectivity index (χ2n) is 7.53. The Morgan fingerprint density at radius 3 is 2.35 bits per heavy atom. The van der Waals surface area contributed by atoms with Crippen molar-refractivity contribution in [1.82, 2.24) is 20.6 Å². The number of nitrogens with one attached hydrogen (secondary N) is 3. The number of aromatic amines is 1. The Balaban J connectivity index is 2.06. The van der Waals surface area contributed by atoms with Crippen LogP contribution < -0.4 is 16.4 Å². The summed E-state index contributed by atoms with van der Waals surface area (Å²) >= 11 is 0. The Bertz CT molecular complexity index is 869. The third-order valence-electron chi connectivity index (χ3n) is 5.12. The van der Waals surface area contributed by atoms with E-state index < -0.39 is 35.9 Å². The molecule has 0 radical (unpaired) electrons. The summed E-state index contributed by atoms with van der Waals surface area (Å²) in [6.07, 6.45) is 3.88. The van der Waals surface area contributed by atoms with Gasteiger partial charge in [0, 0.05) is 24.7 Å². The van der Waals surface area contributed by atoms with Crippen molar-refractivity contribution in [2.24, 2.45) is 11.7 Å². The van der Waals surface area contributed by atoms with Crippen molar-refractivity contribution < 1.29 is 24.6 Å². The van der Waals surface area contributed by atoms with Gasteiger partial charge in [0.15, 0.2) is 0 Å². The number of phenols is 1. The van der Waals surface area contributed by atoms with Gasteiger partial charge in [0.2, 0.25) is 11.8 Å². The lowest BCUT2D eigenvalue weighted by atomic mass is 9.96. The summed E-state index contributed by atoms with van der Waals surface area (Å²) in [6, 6.07) is 3.02. The number of carbonyl (C=O) groups excluding carboxylic acids is 2. The van der Waals surface area contributed by atoms with Crippen LogP contribution in [0.15, 0.2) is 36.8 Å². The monoisotopic (exact) mass is 431 g/mol. The number of aliphatic carboxylic acids is 1. The highest BCUT2D eigenvalue weighted by atomic mass is 16.4. The Kier molecular flexibility index (Phi) is 8.56. The van der Waals surface area contributed by atoms with E-state index in [9.17, 15) is 24.6 Å². The number of aromatic nitrogens is 2. The first kappa shape index (κ1) is 23.9. The van der Waals surface area contributed by atoms with Crippen LogP contribution in [0.2, 0.25) is 0 Å². The Morgan fingerprint density at radius 1 is 1.13 bits per heavy atom. The maximum Gasteiger partial charge on any atom is 0.326 e. The number of rotatable bonds is 11. The predicted octanol–water partition coefficient (Wildman–Crippen LogP) is 0.328. The van der Waals surface area contributed by atoms with Gasteiger partial charge in [0.05, 0.1) is 12.4 Å². The zero-order valence-electron chi connectivity index (χ0n) is 17.5. The minimum Gasteiger partial charge on any atom is -0.508 e. The molecule has 10 nitrogen and oxygen atoms in total. The number of imidazole rings is 1. The van der Waals surface area contributed by atoms with Gasteiger partial charge < -0.3 is 31.6 Å². The van der Waals surface area contributed by atoms with Crippen molar-refractivity contribution >= 4 is 17.8 Å². The minimum absolute atomic E-state index is 0.0296. The molecular weight excluding hydrogens is 402 g/mol. The van der Waals surface area contributed by atoms with Gasteiger partial charge >= 0.3 is 5.97 Å². The maximum atomic E-state index is 12.9. The molecule has 2 rings (SSSR count). The first-order valence-corrected chi connectivity index (χ1v) is 10.1. The zero-order valence-corrected chi connectivity index (χ0v) is 17.5. The number of carboxylic acid groups (broad SMARTS) is 1. The molecule has 0 aliphatic heterocycles. The normalized spacial score (nSPS) is 14.8. The van der Waals surface area contributed by atoms with E-state index >= 15 is 0 Å². The number of carboxylic acids is 1. The van der Waals surface area contributed by atoms with Crippen LogP contribution in [0.1, 0.15) is 31.5 Å². The SMILES string of the molecule is CCC(C)C(NC(=O)C(N)Cc1cnc[nH]1)C(=O)NC(Cc1ccc(O)cc1)C(=O)O. The first-order valence-electron chi connectivity index (χ1n) is 10.1. The Labute approximate surface area is 180 Å². The predicted molar refractivity (Wildman–Crippen MR) is 113 cm³/mol. The number of carbonyl (C=O) groups is 3. The van der Waals surface area contributed by atoms with Crippen molar-refractivity contribution in [1.29, 1.82) is 0 Å². The lowest BCUT2D eigenvalue weighted by Crippen LogP contribution is -2.57. The number of aromatic hydroxyl groups is 1. The average molecular weight is 431 g/mol. The molecule has 0 saturated carbocycles. The van der Waals surface area contributed by atoms with Crippen molar-refractivity contribution in [2.75, 3.05) is 0 Å². The molecule has 4 unspecified atom stereocenters. The first-order chi connectivity index (χ1) is 14.7. The van der Waals surface area contributed by atoms with Crippen molar-refractivity contribution in [2.45, 2.75) is 51.2 Å². The van der Waals surface area contributed by atoms with Gasteiger partial charge in [-0.1, -0.05) is 32.4 Å². The summed E-state index contributed by atoms with van der Waals surface area (Å²) in [5, 5.41) is 24.1. The van der Waals surface area contributed by atoms with E-state index in [0.29, 0.717) is 17.7 Å². The molecule has 0 aliphatic carbocycles. The molecule has 2 aromatic rings. The lowest BCUT2D eigenvalue weighted by Gasteiger charge is -2.26. The summed E-state index contributed by atoms with van der Waals surface area (Å²) in [5.41, 5.74) is 7.28. The molecule has 0 spiro atoms. The van der Waals surface area contributed by atoms with Gasteiger partial charge in [-0.25, -0.2) is 9.78 Å². The van der Waals surface area contributed by atoms with E-state index in [-0.39, 0.29) is 24.5 Å². The topological polar surface area (TPSA) is 170 Å². The number of benzene rings is 1. The molecule has 1 aromatic heterocycles. The smallest absolute Gasteiger partial charge is 0.326 e. The zero-order chi connectivity index (χ0) is 23.0. The Hall–Kier alpha value is -3.40. The quantitative estimate of drug-likeness (QED) is 0.298. The Morgan fingerprint density at radius 2 is 1.81 bits per heavy atom. The second kappa shape index (κ2) is 11.1. The fourth-order valence-corrected chi connectivity index (χ4v) is 3.02. The van der Waals surface area contributed by atoms with E-state index in [0.717, 1.165) is 0 Å². The van der Waals surface area contributed by atoms with Crippen LogP contribution in [0.25, 0.3) is 0 Å². The van der Waals surface area contributed by atoms with Crippen LogP contribution in [-0.2, 0) is 27.2 Å². The van der Waals surface area contributed by atoms with Gasteiger partial charge in [0.25, 0.3) is 0 Å². The largest absolute Gasteiger partial charge is 0.508 e. The highest BCUT2D eigenvalue weighted by Gasteiger charge is 2.31. The summed E-state index contributed by atoms with van der Waals surface area (Å²) in [6.45, 7) is 3.66. The van der Waals surface area contributed by atoms with E-state index in [1.165, 1.54) is 18.5 Å². The van der Waals surface area contributed by atoms with E-state index in [1.54, 1.807) is 25.3 Å². The van der Waals surface area contributed by atoms with Gasteiger partial charge in [-0.2, -0.15) is 0 Å². The summed E-state index contributed by atoms with van der Waals surface area (Å²) < 4.78 is 0. The van der Waals surface area contributed by atoms with Crippen LogP contribution in [0.4, 0.5) is 0 Å². The van der Waals surface area contributed by atoms with Crippen LogP contribution in [0.5, 0.6) is 5.75 Å². The van der Waals surface area contributed by atoms with E-state index in [4.69, 9.17) is 5.73 Å². The van der Waals surface area contributed by atoms with Gasteiger partial charge in [-0.05, 0) is 23.6 Å². The highest BCUT2D eigenvalue weighted by Crippen LogP contribution is 2.13. The van der Waals surface area contributed by atoms with Gasteiger partial charge in [-0.3, -0.25) is 9.59 Å². The number of hydrogen-bond donors (Lipinski definition) is 6. The molecule has 1 heterocycles. The fourth-order valence-electron chi connectivity index (χ4n) is 3.02. The summed E-state index contributed by atoms with van der Waals surface area (Å²) in [4.78, 5) is 43.9. The molecule has 10 heteroatoms. The number of hydrogen-bond acceptors (Lipinski definition) is 6. The van der Waals surface area contributed by atoms with Crippen LogP contribution in [0.3, 0.4) is 0 Å². The number of amides is 2. The van der Waals surface area contributed by atoms with Crippen LogP contribution in [0, 0.1) is 5.92 Å². The number of phenolic OH excluding ortho intramolecular Hbond substituents is 1. The van der Waals surface area contributed by atoms with Crippen LogP contribution >= 0.6 is 0 Å². The van der Waals surface area contributed by atoms with Crippen LogP contribution in [-0.4, -0.2) is 56.1 Å². The molecule has 0 saturated heterocycles. The van der Waals surface area contributed by atoms with Crippen molar-refractivity contribution in [3.8, 4) is 5.75 Å².